The predicted molar refractivity (Wildman–Crippen MR) is 89.6 cm³/mol. The van der Waals surface area contributed by atoms with Gasteiger partial charge in [-0.1, -0.05) is 24.3 Å². The van der Waals surface area contributed by atoms with Gasteiger partial charge in [-0.2, -0.15) is 11.8 Å². The fourth-order valence-corrected chi connectivity index (χ4v) is 3.65. The highest BCUT2D eigenvalue weighted by Crippen LogP contribution is 2.31. The molecular formula is C14H20N2O3S2. The van der Waals surface area contributed by atoms with Crippen molar-refractivity contribution in [2.75, 3.05) is 24.6 Å². The summed E-state index contributed by atoms with van der Waals surface area (Å²) < 4.78 is 0.621. The van der Waals surface area contributed by atoms with E-state index in [2.05, 4.69) is 17.2 Å². The van der Waals surface area contributed by atoms with Crippen molar-refractivity contribution in [2.24, 2.45) is 0 Å². The molecule has 7 heteroatoms. The first-order valence-electron chi connectivity index (χ1n) is 6.94. The average Bonchev–Trinajstić information content (AvgIpc) is 2.85. The minimum absolute atomic E-state index is 0.0313. The maximum Gasteiger partial charge on any atom is 0.305 e. The Morgan fingerprint density at radius 1 is 1.48 bits per heavy atom. The zero-order chi connectivity index (χ0) is 15.2. The van der Waals surface area contributed by atoms with Crippen molar-refractivity contribution in [3.63, 3.8) is 0 Å². The number of rotatable bonds is 8. The van der Waals surface area contributed by atoms with Gasteiger partial charge in [0.25, 0.3) is 0 Å². The van der Waals surface area contributed by atoms with Crippen LogP contribution in [0, 0.1) is 0 Å². The Bertz CT molecular complexity index is 639. The van der Waals surface area contributed by atoms with Crippen LogP contribution in [0.2, 0.25) is 0 Å². The van der Waals surface area contributed by atoms with E-state index in [4.69, 9.17) is 0 Å². The molecule has 2 aromatic rings. The van der Waals surface area contributed by atoms with Crippen LogP contribution in [-0.2, 0) is 0 Å². The second-order valence-corrected chi connectivity index (χ2v) is 7.04. The lowest BCUT2D eigenvalue weighted by atomic mass is 10.1. The molecule has 1 atom stereocenters. The number of hydrogen-bond donors (Lipinski definition) is 4. The van der Waals surface area contributed by atoms with E-state index < -0.39 is 6.10 Å². The number of benzene rings is 1. The number of aromatic nitrogens is 1. The van der Waals surface area contributed by atoms with E-state index in [1.54, 1.807) is 6.07 Å². The van der Waals surface area contributed by atoms with Gasteiger partial charge in [-0.25, -0.2) is 0 Å². The summed E-state index contributed by atoms with van der Waals surface area (Å²) >= 11 is 2.91. The predicted octanol–water partition coefficient (Wildman–Crippen LogP) is 2.06. The number of thioether (sulfide) groups is 1. The summed E-state index contributed by atoms with van der Waals surface area (Å²) in [6.45, 7) is 3.43. The van der Waals surface area contributed by atoms with Gasteiger partial charge in [-0.05, 0) is 30.5 Å². The van der Waals surface area contributed by atoms with E-state index >= 15 is 0 Å². The summed E-state index contributed by atoms with van der Waals surface area (Å²) in [5.41, 5.74) is 1.07. The van der Waals surface area contributed by atoms with Gasteiger partial charge >= 0.3 is 4.87 Å². The minimum atomic E-state index is -0.696. The Kier molecular flexibility index (Phi) is 6.10. The molecule has 0 aliphatic carbocycles. The van der Waals surface area contributed by atoms with E-state index in [0.29, 0.717) is 22.3 Å². The highest BCUT2D eigenvalue weighted by molar-refractivity contribution is 7.99. The molecule has 5 nitrogen and oxygen atoms in total. The molecule has 0 fully saturated rings. The minimum Gasteiger partial charge on any atom is -0.506 e. The Hall–Kier alpha value is -1.02. The first kappa shape index (κ1) is 16.4. The second kappa shape index (κ2) is 7.84. The van der Waals surface area contributed by atoms with Crippen LogP contribution < -0.4 is 10.2 Å². The van der Waals surface area contributed by atoms with Crippen molar-refractivity contribution >= 4 is 33.3 Å². The van der Waals surface area contributed by atoms with Gasteiger partial charge in [0.05, 0.1) is 10.8 Å². The lowest BCUT2D eigenvalue weighted by molar-refractivity contribution is 0.176. The largest absolute Gasteiger partial charge is 0.506 e. The van der Waals surface area contributed by atoms with Crippen LogP contribution in [0.3, 0.4) is 0 Å². The van der Waals surface area contributed by atoms with Crippen LogP contribution in [0.1, 0.15) is 25.0 Å². The SMILES string of the molecule is CCSCCCNC[C@H](O)c1ccc(O)c2[nH]c(=O)sc12. The number of H-pyrrole nitrogens is 1. The van der Waals surface area contributed by atoms with Crippen molar-refractivity contribution in [1.82, 2.24) is 10.3 Å². The average molecular weight is 328 g/mol. The fraction of sp³-hybridized carbons (Fsp3) is 0.500. The van der Waals surface area contributed by atoms with Crippen LogP contribution in [0.4, 0.5) is 0 Å². The summed E-state index contributed by atoms with van der Waals surface area (Å²) in [5, 5.41) is 23.2. The van der Waals surface area contributed by atoms with Crippen molar-refractivity contribution in [3.8, 4) is 5.75 Å². The van der Waals surface area contributed by atoms with Gasteiger partial charge in [0.15, 0.2) is 0 Å². The Balaban J connectivity index is 1.98. The van der Waals surface area contributed by atoms with E-state index in [1.807, 2.05) is 11.8 Å². The Morgan fingerprint density at radius 2 is 2.29 bits per heavy atom. The topological polar surface area (TPSA) is 85.3 Å². The summed E-state index contributed by atoms with van der Waals surface area (Å²) in [5.74, 6) is 2.27. The van der Waals surface area contributed by atoms with E-state index in [9.17, 15) is 15.0 Å². The van der Waals surface area contributed by atoms with Gasteiger partial charge in [-0.15, -0.1) is 0 Å². The van der Waals surface area contributed by atoms with Crippen LogP contribution in [0.5, 0.6) is 5.75 Å². The summed E-state index contributed by atoms with van der Waals surface area (Å²) in [6, 6.07) is 3.17. The molecule has 0 unspecified atom stereocenters. The van der Waals surface area contributed by atoms with Crippen molar-refractivity contribution in [2.45, 2.75) is 19.4 Å². The third kappa shape index (κ3) is 4.23. The smallest absolute Gasteiger partial charge is 0.305 e. The van der Waals surface area contributed by atoms with Crippen molar-refractivity contribution in [3.05, 3.63) is 27.4 Å². The van der Waals surface area contributed by atoms with E-state index in [0.717, 1.165) is 35.8 Å². The summed E-state index contributed by atoms with van der Waals surface area (Å²) in [4.78, 5) is 13.8. The lowest BCUT2D eigenvalue weighted by Gasteiger charge is -2.13. The second-order valence-electron chi connectivity index (χ2n) is 4.66. The number of thiazole rings is 1. The molecule has 0 saturated heterocycles. The number of aliphatic hydroxyl groups is 1. The van der Waals surface area contributed by atoms with Crippen LogP contribution in [-0.4, -0.2) is 39.8 Å². The summed E-state index contributed by atoms with van der Waals surface area (Å²) in [7, 11) is 0. The third-order valence-electron chi connectivity index (χ3n) is 3.13. The molecule has 0 saturated carbocycles. The van der Waals surface area contributed by atoms with Crippen LogP contribution in [0.25, 0.3) is 10.2 Å². The molecule has 1 heterocycles. The Morgan fingerprint density at radius 3 is 3.05 bits per heavy atom. The molecule has 116 valence electrons. The molecule has 0 aliphatic heterocycles. The molecular weight excluding hydrogens is 308 g/mol. The molecule has 4 N–H and O–H groups in total. The van der Waals surface area contributed by atoms with Gasteiger partial charge in [0.1, 0.15) is 11.3 Å². The van der Waals surface area contributed by atoms with Crippen molar-refractivity contribution in [1.29, 1.82) is 0 Å². The molecule has 0 bridgehead atoms. The zero-order valence-corrected chi connectivity index (χ0v) is 13.5. The standard InChI is InChI=1S/C14H20N2O3S2/c1-2-20-7-3-6-15-8-11(18)9-4-5-10(17)12-13(9)21-14(19)16-12/h4-5,11,15,17-18H,2-3,6-8H2,1H3,(H,16,19)/t11-/m0/s1. The molecule has 0 spiro atoms. The van der Waals surface area contributed by atoms with Gasteiger partial charge in [0, 0.05) is 12.1 Å². The normalized spacial score (nSPS) is 12.9. The summed E-state index contributed by atoms with van der Waals surface area (Å²) in [6.07, 6.45) is 0.367. The number of hydrogen-bond acceptors (Lipinski definition) is 6. The number of nitrogens with one attached hydrogen (secondary N) is 2. The third-order valence-corrected chi connectivity index (χ3v) is 5.05. The molecule has 0 radical (unpaired) electrons. The first-order valence-corrected chi connectivity index (χ1v) is 8.91. The number of phenols is 1. The number of fused-ring (bicyclic) bond motifs is 1. The molecule has 1 aromatic carbocycles. The first-order chi connectivity index (χ1) is 10.1. The quantitative estimate of drug-likeness (QED) is 0.557. The zero-order valence-electron chi connectivity index (χ0n) is 11.9. The number of aromatic amines is 1. The maximum atomic E-state index is 11.4. The highest BCUT2D eigenvalue weighted by atomic mass is 32.2. The van der Waals surface area contributed by atoms with Crippen LogP contribution >= 0.6 is 23.1 Å². The van der Waals surface area contributed by atoms with Crippen LogP contribution in [0.15, 0.2) is 16.9 Å². The molecule has 2 rings (SSSR count). The lowest BCUT2D eigenvalue weighted by Crippen LogP contribution is -2.23. The number of phenolic OH excluding ortho intramolecular Hbond substituents is 1. The van der Waals surface area contributed by atoms with Gasteiger partial charge < -0.3 is 20.5 Å². The highest BCUT2D eigenvalue weighted by Gasteiger charge is 2.15. The van der Waals surface area contributed by atoms with Gasteiger partial charge in [-0.3, -0.25) is 4.79 Å². The van der Waals surface area contributed by atoms with Crippen molar-refractivity contribution < 1.29 is 10.2 Å². The van der Waals surface area contributed by atoms with E-state index in [-0.39, 0.29) is 10.6 Å². The molecule has 1 aromatic heterocycles. The Labute approximate surface area is 131 Å². The number of aliphatic hydroxyl groups excluding tert-OH is 1. The maximum absolute atomic E-state index is 11.4. The molecule has 0 amide bonds. The van der Waals surface area contributed by atoms with E-state index in [1.165, 1.54) is 6.07 Å². The monoisotopic (exact) mass is 328 g/mol. The number of aromatic hydroxyl groups is 1. The molecule has 0 aliphatic rings. The van der Waals surface area contributed by atoms with Gasteiger partial charge in [0.2, 0.25) is 0 Å². The fourth-order valence-electron chi connectivity index (χ4n) is 2.09. The molecule has 21 heavy (non-hydrogen) atoms.